The molecule has 2 saturated heterocycles. The van der Waals surface area contributed by atoms with Gasteiger partial charge in [0, 0.05) is 43.8 Å². The average molecular weight is 324 g/mol. The van der Waals surface area contributed by atoms with Crippen molar-refractivity contribution in [2.75, 3.05) is 39.3 Å². The maximum atomic E-state index is 11.8. The summed E-state index contributed by atoms with van der Waals surface area (Å²) in [5.41, 5.74) is 1.10. The summed E-state index contributed by atoms with van der Waals surface area (Å²) in [5, 5.41) is 9.39. The molecular formula is C15H24N4O2S. The lowest BCUT2D eigenvalue weighted by molar-refractivity contribution is -0.126. The molecule has 1 atom stereocenters. The van der Waals surface area contributed by atoms with Gasteiger partial charge in [0.2, 0.25) is 5.91 Å². The Balaban J connectivity index is 1.37. The van der Waals surface area contributed by atoms with E-state index in [1.54, 1.807) is 11.3 Å². The molecule has 0 spiro atoms. The molecule has 0 radical (unpaired) electrons. The van der Waals surface area contributed by atoms with E-state index in [2.05, 4.69) is 25.9 Å². The summed E-state index contributed by atoms with van der Waals surface area (Å²) in [6, 6.07) is 0. The number of carbonyl (C=O) groups is 1. The van der Waals surface area contributed by atoms with Gasteiger partial charge in [-0.3, -0.25) is 9.69 Å². The Morgan fingerprint density at radius 3 is 3.14 bits per heavy atom. The van der Waals surface area contributed by atoms with E-state index in [9.17, 15) is 4.79 Å². The van der Waals surface area contributed by atoms with Crippen molar-refractivity contribution in [3.63, 3.8) is 0 Å². The van der Waals surface area contributed by atoms with Crippen molar-refractivity contribution >= 4 is 17.2 Å². The number of thiazole rings is 1. The number of hydrogen-bond donors (Lipinski definition) is 2. The molecule has 3 rings (SSSR count). The number of carbonyl (C=O) groups excluding carboxylic acids is 1. The molecule has 2 N–H and O–H groups in total. The van der Waals surface area contributed by atoms with Crippen LogP contribution in [0.2, 0.25) is 0 Å². The van der Waals surface area contributed by atoms with Crippen molar-refractivity contribution in [1.82, 2.24) is 20.5 Å². The van der Waals surface area contributed by atoms with Crippen LogP contribution in [-0.2, 0) is 16.1 Å². The van der Waals surface area contributed by atoms with E-state index >= 15 is 0 Å². The molecule has 1 aromatic heterocycles. The first-order valence-electron chi connectivity index (χ1n) is 7.94. The van der Waals surface area contributed by atoms with Crippen LogP contribution in [0.25, 0.3) is 0 Å². The normalized spacial score (nSPS) is 23.2. The Morgan fingerprint density at radius 2 is 2.45 bits per heavy atom. The maximum absolute atomic E-state index is 11.8. The Morgan fingerprint density at radius 1 is 1.59 bits per heavy atom. The molecular weight excluding hydrogens is 300 g/mol. The lowest BCUT2D eigenvalue weighted by Gasteiger charge is -2.32. The minimum Gasteiger partial charge on any atom is -0.375 e. The summed E-state index contributed by atoms with van der Waals surface area (Å²) in [5.74, 6) is 0.335. The standard InChI is InChI=1S/C15H24N4O2S/c1-11-10-22-14(18-11)9-19-4-5-21-13(8-19)2-3-17-15(20)12-6-16-7-12/h10,12-13,16H,2-9H2,1H3,(H,17,20). The number of ether oxygens (including phenoxy) is 1. The van der Waals surface area contributed by atoms with E-state index in [0.29, 0.717) is 6.54 Å². The van der Waals surface area contributed by atoms with Crippen LogP contribution in [0.5, 0.6) is 0 Å². The Kier molecular flexibility index (Phi) is 5.41. The molecule has 2 fully saturated rings. The van der Waals surface area contributed by atoms with Crippen molar-refractivity contribution < 1.29 is 9.53 Å². The van der Waals surface area contributed by atoms with Crippen molar-refractivity contribution in [3.05, 3.63) is 16.1 Å². The van der Waals surface area contributed by atoms with Crippen molar-refractivity contribution in [2.45, 2.75) is 26.0 Å². The lowest BCUT2D eigenvalue weighted by Crippen LogP contribution is -2.51. The minimum atomic E-state index is 0.164. The van der Waals surface area contributed by atoms with Gasteiger partial charge in [0.25, 0.3) is 0 Å². The second kappa shape index (κ2) is 7.50. The molecule has 1 amide bonds. The number of nitrogens with one attached hydrogen (secondary N) is 2. The van der Waals surface area contributed by atoms with Crippen LogP contribution in [0.3, 0.4) is 0 Å². The van der Waals surface area contributed by atoms with Crippen LogP contribution in [-0.4, -0.2) is 61.2 Å². The van der Waals surface area contributed by atoms with Gasteiger partial charge in [-0.1, -0.05) is 0 Å². The number of hydrogen-bond acceptors (Lipinski definition) is 6. The predicted molar refractivity (Wildman–Crippen MR) is 85.9 cm³/mol. The second-order valence-electron chi connectivity index (χ2n) is 6.05. The van der Waals surface area contributed by atoms with Crippen molar-refractivity contribution in [1.29, 1.82) is 0 Å². The maximum Gasteiger partial charge on any atom is 0.225 e. The summed E-state index contributed by atoms with van der Waals surface area (Å²) in [4.78, 5) is 18.7. The van der Waals surface area contributed by atoms with E-state index in [-0.39, 0.29) is 17.9 Å². The molecule has 0 aromatic carbocycles. The summed E-state index contributed by atoms with van der Waals surface area (Å²) in [6.45, 7) is 7.88. The zero-order valence-corrected chi connectivity index (χ0v) is 13.8. The monoisotopic (exact) mass is 324 g/mol. The van der Waals surface area contributed by atoms with Gasteiger partial charge in [-0.2, -0.15) is 0 Å². The van der Waals surface area contributed by atoms with Gasteiger partial charge >= 0.3 is 0 Å². The van der Waals surface area contributed by atoms with E-state index < -0.39 is 0 Å². The number of nitrogens with zero attached hydrogens (tertiary/aromatic N) is 2. The van der Waals surface area contributed by atoms with Gasteiger partial charge in [-0.25, -0.2) is 4.98 Å². The van der Waals surface area contributed by atoms with Gasteiger partial charge in [0.1, 0.15) is 5.01 Å². The molecule has 1 unspecified atom stereocenters. The first-order chi connectivity index (χ1) is 10.7. The number of rotatable bonds is 6. The summed E-state index contributed by atoms with van der Waals surface area (Å²) >= 11 is 1.72. The lowest BCUT2D eigenvalue weighted by atomic mass is 10.0. The quantitative estimate of drug-likeness (QED) is 0.792. The molecule has 0 bridgehead atoms. The minimum absolute atomic E-state index is 0.164. The van der Waals surface area contributed by atoms with Gasteiger partial charge in [0.15, 0.2) is 0 Å². The number of aromatic nitrogens is 1. The number of aryl methyl sites for hydroxylation is 1. The third-order valence-corrected chi connectivity index (χ3v) is 5.12. The zero-order chi connectivity index (χ0) is 15.4. The molecule has 22 heavy (non-hydrogen) atoms. The fourth-order valence-electron chi connectivity index (χ4n) is 2.74. The topological polar surface area (TPSA) is 66.5 Å². The largest absolute Gasteiger partial charge is 0.375 e. The molecule has 1 aromatic rings. The van der Waals surface area contributed by atoms with Crippen molar-refractivity contribution in [2.24, 2.45) is 5.92 Å². The van der Waals surface area contributed by atoms with Crippen LogP contribution in [0.15, 0.2) is 5.38 Å². The summed E-state index contributed by atoms with van der Waals surface area (Å²) < 4.78 is 5.81. The summed E-state index contributed by atoms with van der Waals surface area (Å²) in [7, 11) is 0. The SMILES string of the molecule is Cc1csc(CN2CCOC(CCNC(=O)C3CNC3)C2)n1. The molecule has 3 heterocycles. The second-order valence-corrected chi connectivity index (χ2v) is 6.99. The molecule has 6 nitrogen and oxygen atoms in total. The fourth-order valence-corrected chi connectivity index (χ4v) is 3.55. The Bertz CT molecular complexity index is 503. The van der Waals surface area contributed by atoms with E-state index in [1.165, 1.54) is 5.01 Å². The number of morpholine rings is 1. The Labute approximate surface area is 135 Å². The average Bonchev–Trinajstić information content (AvgIpc) is 2.82. The van der Waals surface area contributed by atoms with Gasteiger partial charge in [-0.05, 0) is 13.3 Å². The van der Waals surface area contributed by atoms with Gasteiger partial charge in [0.05, 0.1) is 25.2 Å². The third kappa shape index (κ3) is 4.25. The molecule has 122 valence electrons. The Hall–Kier alpha value is -1.02. The van der Waals surface area contributed by atoms with Gasteiger partial charge in [-0.15, -0.1) is 11.3 Å². The first-order valence-corrected chi connectivity index (χ1v) is 8.82. The highest BCUT2D eigenvalue weighted by Crippen LogP contribution is 2.15. The molecule has 7 heteroatoms. The molecule has 0 aliphatic carbocycles. The highest BCUT2D eigenvalue weighted by molar-refractivity contribution is 7.09. The highest BCUT2D eigenvalue weighted by atomic mass is 32.1. The predicted octanol–water partition coefficient (Wildman–Crippen LogP) is 0.378. The van der Waals surface area contributed by atoms with Crippen LogP contribution >= 0.6 is 11.3 Å². The van der Waals surface area contributed by atoms with E-state index in [0.717, 1.165) is 51.4 Å². The first kappa shape index (κ1) is 15.9. The fraction of sp³-hybridized carbons (Fsp3) is 0.733. The van der Waals surface area contributed by atoms with E-state index in [1.807, 2.05) is 6.92 Å². The zero-order valence-electron chi connectivity index (χ0n) is 13.0. The molecule has 2 aliphatic rings. The van der Waals surface area contributed by atoms with Crippen LogP contribution in [0.1, 0.15) is 17.1 Å². The van der Waals surface area contributed by atoms with Crippen LogP contribution in [0, 0.1) is 12.8 Å². The summed E-state index contributed by atoms with van der Waals surface area (Å²) in [6.07, 6.45) is 1.08. The molecule has 0 saturated carbocycles. The highest BCUT2D eigenvalue weighted by Gasteiger charge is 2.25. The van der Waals surface area contributed by atoms with Gasteiger partial charge < -0.3 is 15.4 Å². The van der Waals surface area contributed by atoms with Crippen LogP contribution in [0.4, 0.5) is 0 Å². The number of amides is 1. The van der Waals surface area contributed by atoms with Crippen molar-refractivity contribution in [3.8, 4) is 0 Å². The van der Waals surface area contributed by atoms with Crippen LogP contribution < -0.4 is 10.6 Å². The van der Waals surface area contributed by atoms with E-state index in [4.69, 9.17) is 4.74 Å². The smallest absolute Gasteiger partial charge is 0.225 e. The molecule has 2 aliphatic heterocycles. The third-order valence-electron chi connectivity index (χ3n) is 4.17.